The summed E-state index contributed by atoms with van der Waals surface area (Å²) in [5, 5.41) is 0. The number of hydrogen-bond acceptors (Lipinski definition) is 6. The second kappa shape index (κ2) is 9.62. The standard InChI is InChI=1S/C25H22N4OS/c1-3-13-31-19-14-22(20-11-7-8-12-26-20)27-23(15-19)24-16-21(17(2)30)28-25(29-24)18-9-5-4-6-10-18/h4-12,14-16H,3,13H2,1-2H3. The second-order valence-corrected chi connectivity index (χ2v) is 8.19. The molecule has 6 heteroatoms. The van der Waals surface area contributed by atoms with Gasteiger partial charge in [-0.05, 0) is 42.5 Å². The van der Waals surface area contributed by atoms with Gasteiger partial charge in [-0.1, -0.05) is 43.3 Å². The molecule has 0 spiro atoms. The third-order valence-electron chi connectivity index (χ3n) is 4.58. The lowest BCUT2D eigenvalue weighted by Crippen LogP contribution is -2.03. The first kappa shape index (κ1) is 20.9. The molecule has 0 radical (unpaired) electrons. The van der Waals surface area contributed by atoms with Crippen molar-refractivity contribution in [2.75, 3.05) is 5.75 Å². The number of carbonyl (C=O) groups excluding carboxylic acids is 1. The summed E-state index contributed by atoms with van der Waals surface area (Å²) in [7, 11) is 0. The average Bonchev–Trinajstić information content (AvgIpc) is 2.83. The van der Waals surface area contributed by atoms with Gasteiger partial charge in [-0.3, -0.25) is 9.78 Å². The highest BCUT2D eigenvalue weighted by Crippen LogP contribution is 2.30. The lowest BCUT2D eigenvalue weighted by molar-refractivity contribution is 0.101. The Balaban J connectivity index is 1.88. The van der Waals surface area contributed by atoms with E-state index in [4.69, 9.17) is 9.97 Å². The third kappa shape index (κ3) is 5.03. The molecule has 0 unspecified atom stereocenters. The van der Waals surface area contributed by atoms with E-state index >= 15 is 0 Å². The largest absolute Gasteiger partial charge is 0.293 e. The lowest BCUT2D eigenvalue weighted by Gasteiger charge is -2.10. The van der Waals surface area contributed by atoms with Crippen molar-refractivity contribution in [2.45, 2.75) is 25.2 Å². The van der Waals surface area contributed by atoms with Crippen LogP contribution in [0.1, 0.15) is 30.8 Å². The Bertz CT molecular complexity index is 1200. The van der Waals surface area contributed by atoms with E-state index in [1.807, 2.05) is 54.6 Å². The van der Waals surface area contributed by atoms with E-state index in [2.05, 4.69) is 23.0 Å². The Morgan fingerprint density at radius 3 is 2.23 bits per heavy atom. The number of Topliss-reactive ketones (excluding diaryl/α,β-unsaturated/α-hetero) is 1. The van der Waals surface area contributed by atoms with E-state index in [-0.39, 0.29) is 5.78 Å². The average molecular weight is 427 g/mol. The van der Waals surface area contributed by atoms with Crippen LogP contribution in [0.25, 0.3) is 34.2 Å². The number of aromatic nitrogens is 4. The van der Waals surface area contributed by atoms with E-state index in [0.717, 1.165) is 34.0 Å². The summed E-state index contributed by atoms with van der Waals surface area (Å²) in [5.41, 5.74) is 4.12. The minimum absolute atomic E-state index is 0.109. The maximum Gasteiger partial charge on any atom is 0.178 e. The molecule has 4 rings (SSSR count). The normalized spacial score (nSPS) is 10.8. The van der Waals surface area contributed by atoms with Crippen molar-refractivity contribution in [1.29, 1.82) is 0 Å². The number of hydrogen-bond donors (Lipinski definition) is 0. The van der Waals surface area contributed by atoms with Crippen molar-refractivity contribution >= 4 is 17.5 Å². The number of rotatable bonds is 7. The van der Waals surface area contributed by atoms with E-state index in [9.17, 15) is 4.79 Å². The Hall–Kier alpha value is -3.38. The molecule has 0 amide bonds. The Morgan fingerprint density at radius 2 is 1.55 bits per heavy atom. The van der Waals surface area contributed by atoms with Crippen LogP contribution in [-0.4, -0.2) is 31.5 Å². The van der Waals surface area contributed by atoms with Crippen LogP contribution in [0.5, 0.6) is 0 Å². The lowest BCUT2D eigenvalue weighted by atomic mass is 10.1. The molecule has 31 heavy (non-hydrogen) atoms. The molecule has 0 saturated carbocycles. The predicted molar refractivity (Wildman–Crippen MR) is 125 cm³/mol. The molecule has 0 N–H and O–H groups in total. The van der Waals surface area contributed by atoms with Gasteiger partial charge in [0, 0.05) is 23.6 Å². The Morgan fingerprint density at radius 1 is 0.839 bits per heavy atom. The minimum atomic E-state index is -0.109. The molecule has 0 bridgehead atoms. The summed E-state index contributed by atoms with van der Waals surface area (Å²) in [5.74, 6) is 1.40. The third-order valence-corrected chi connectivity index (χ3v) is 5.76. The van der Waals surface area contributed by atoms with Gasteiger partial charge in [-0.2, -0.15) is 0 Å². The van der Waals surface area contributed by atoms with Gasteiger partial charge in [-0.25, -0.2) is 15.0 Å². The highest BCUT2D eigenvalue weighted by atomic mass is 32.2. The van der Waals surface area contributed by atoms with Crippen molar-refractivity contribution in [2.24, 2.45) is 0 Å². The summed E-state index contributed by atoms with van der Waals surface area (Å²) >= 11 is 1.77. The number of thioether (sulfide) groups is 1. The van der Waals surface area contributed by atoms with Crippen LogP contribution < -0.4 is 0 Å². The summed E-state index contributed by atoms with van der Waals surface area (Å²) in [4.78, 5) is 31.8. The first-order chi connectivity index (χ1) is 15.1. The van der Waals surface area contributed by atoms with Gasteiger partial charge in [0.25, 0.3) is 0 Å². The molecule has 0 atom stereocenters. The van der Waals surface area contributed by atoms with Crippen LogP contribution in [0.15, 0.2) is 77.8 Å². The van der Waals surface area contributed by atoms with Crippen LogP contribution in [-0.2, 0) is 0 Å². The van der Waals surface area contributed by atoms with Gasteiger partial charge in [0.15, 0.2) is 11.6 Å². The molecule has 154 valence electrons. The molecular formula is C25H22N4OS. The van der Waals surface area contributed by atoms with Gasteiger partial charge < -0.3 is 0 Å². The SMILES string of the molecule is CCCSc1cc(-c2ccccn2)nc(-c2cc(C(C)=O)nc(-c3ccccc3)n2)c1. The number of carbonyl (C=O) groups is 1. The molecular weight excluding hydrogens is 404 g/mol. The first-order valence-electron chi connectivity index (χ1n) is 10.2. The Kier molecular flexibility index (Phi) is 6.48. The summed E-state index contributed by atoms with van der Waals surface area (Å²) in [6, 6.07) is 21.2. The zero-order valence-corrected chi connectivity index (χ0v) is 18.3. The van der Waals surface area contributed by atoms with Crippen LogP contribution in [0.2, 0.25) is 0 Å². The highest BCUT2D eigenvalue weighted by Gasteiger charge is 2.14. The molecule has 3 heterocycles. The summed E-state index contributed by atoms with van der Waals surface area (Å²) in [6.45, 7) is 3.67. The zero-order valence-electron chi connectivity index (χ0n) is 17.4. The van der Waals surface area contributed by atoms with Crippen LogP contribution in [0.4, 0.5) is 0 Å². The molecule has 5 nitrogen and oxygen atoms in total. The van der Waals surface area contributed by atoms with E-state index < -0.39 is 0 Å². The van der Waals surface area contributed by atoms with E-state index in [1.165, 1.54) is 6.92 Å². The van der Waals surface area contributed by atoms with E-state index in [0.29, 0.717) is 22.9 Å². The van der Waals surface area contributed by atoms with E-state index in [1.54, 1.807) is 24.0 Å². The van der Waals surface area contributed by atoms with Crippen LogP contribution in [0, 0.1) is 0 Å². The fraction of sp³-hybridized carbons (Fsp3) is 0.160. The smallest absolute Gasteiger partial charge is 0.178 e. The quantitative estimate of drug-likeness (QED) is 0.268. The molecule has 1 aromatic carbocycles. The van der Waals surface area contributed by atoms with Crippen molar-refractivity contribution in [1.82, 2.24) is 19.9 Å². The number of nitrogens with zero attached hydrogens (tertiary/aromatic N) is 4. The molecule has 4 aromatic rings. The van der Waals surface area contributed by atoms with Crippen LogP contribution in [0.3, 0.4) is 0 Å². The van der Waals surface area contributed by atoms with Gasteiger partial charge in [-0.15, -0.1) is 11.8 Å². The molecule has 0 saturated heterocycles. The molecule has 0 aliphatic rings. The second-order valence-electron chi connectivity index (χ2n) is 7.02. The highest BCUT2D eigenvalue weighted by molar-refractivity contribution is 7.99. The fourth-order valence-electron chi connectivity index (χ4n) is 3.06. The van der Waals surface area contributed by atoms with Gasteiger partial charge >= 0.3 is 0 Å². The molecule has 0 fully saturated rings. The monoisotopic (exact) mass is 426 g/mol. The molecule has 3 aromatic heterocycles. The summed E-state index contributed by atoms with van der Waals surface area (Å²) < 4.78 is 0. The first-order valence-corrected chi connectivity index (χ1v) is 11.1. The number of ketones is 1. The number of benzene rings is 1. The van der Waals surface area contributed by atoms with Gasteiger partial charge in [0.1, 0.15) is 5.69 Å². The molecule has 0 aliphatic carbocycles. The Labute approximate surface area is 186 Å². The fourth-order valence-corrected chi connectivity index (χ4v) is 3.89. The number of pyridine rings is 2. The van der Waals surface area contributed by atoms with Crippen molar-refractivity contribution in [3.63, 3.8) is 0 Å². The zero-order chi connectivity index (χ0) is 21.6. The predicted octanol–water partition coefficient (Wildman–Crippen LogP) is 5.97. The molecule has 0 aliphatic heterocycles. The van der Waals surface area contributed by atoms with Gasteiger partial charge in [0.2, 0.25) is 0 Å². The maximum atomic E-state index is 12.2. The maximum absolute atomic E-state index is 12.2. The summed E-state index contributed by atoms with van der Waals surface area (Å²) in [6.07, 6.45) is 2.83. The van der Waals surface area contributed by atoms with Gasteiger partial charge in [0.05, 0.1) is 22.8 Å². The van der Waals surface area contributed by atoms with Crippen molar-refractivity contribution in [3.05, 3.63) is 78.6 Å². The van der Waals surface area contributed by atoms with Crippen LogP contribution >= 0.6 is 11.8 Å². The topological polar surface area (TPSA) is 68.6 Å². The van der Waals surface area contributed by atoms with Crippen molar-refractivity contribution < 1.29 is 4.79 Å². The van der Waals surface area contributed by atoms with Crippen molar-refractivity contribution in [3.8, 4) is 34.2 Å². The minimum Gasteiger partial charge on any atom is -0.293 e.